The van der Waals surface area contributed by atoms with E-state index in [-0.39, 0.29) is 5.92 Å². The highest BCUT2D eigenvalue weighted by molar-refractivity contribution is 5.97. The van der Waals surface area contributed by atoms with E-state index in [2.05, 4.69) is 10.6 Å². The number of hydrogen-bond donors (Lipinski definition) is 2. The maximum atomic E-state index is 12.2. The number of amides is 3. The number of rotatable bonds is 5. The molecule has 0 spiro atoms. The van der Waals surface area contributed by atoms with Gasteiger partial charge in [-0.2, -0.15) is 0 Å². The molecule has 1 saturated carbocycles. The molecule has 0 aromatic heterocycles. The molecule has 0 heterocycles. The zero-order valence-electron chi connectivity index (χ0n) is 11.8. The first-order valence-electron chi connectivity index (χ1n) is 6.96. The van der Waals surface area contributed by atoms with E-state index in [1.54, 1.807) is 37.3 Å². The first-order chi connectivity index (χ1) is 10.1. The van der Waals surface area contributed by atoms with Crippen LogP contribution in [0.5, 0.6) is 0 Å². The first-order valence-corrected chi connectivity index (χ1v) is 6.96. The standard InChI is InChI=1S/C15H18N2O4/c1-2-16-15(20)17-13(18)12(10-6-4-3-5-7-10)21-14(19)11-8-9-11/h3-7,11-12H,2,8-9H2,1H3,(H2,16,17,18,20)/t12-/m1/s1. The van der Waals surface area contributed by atoms with Crippen molar-refractivity contribution in [3.63, 3.8) is 0 Å². The van der Waals surface area contributed by atoms with Gasteiger partial charge in [0, 0.05) is 12.1 Å². The summed E-state index contributed by atoms with van der Waals surface area (Å²) < 4.78 is 5.27. The van der Waals surface area contributed by atoms with E-state index < -0.39 is 24.0 Å². The third-order valence-electron chi connectivity index (χ3n) is 3.06. The van der Waals surface area contributed by atoms with Crippen LogP contribution in [0.15, 0.2) is 30.3 Å². The molecule has 2 N–H and O–H groups in total. The van der Waals surface area contributed by atoms with Gasteiger partial charge in [-0.15, -0.1) is 0 Å². The third kappa shape index (κ3) is 4.30. The average molecular weight is 290 g/mol. The van der Waals surface area contributed by atoms with Crippen LogP contribution < -0.4 is 10.6 Å². The van der Waals surface area contributed by atoms with Gasteiger partial charge in [0.1, 0.15) is 0 Å². The number of esters is 1. The summed E-state index contributed by atoms with van der Waals surface area (Å²) in [6.07, 6.45) is 0.471. The Bertz CT molecular complexity index is 526. The molecule has 1 aliphatic rings. The molecule has 0 radical (unpaired) electrons. The van der Waals surface area contributed by atoms with Gasteiger partial charge in [-0.1, -0.05) is 30.3 Å². The van der Waals surface area contributed by atoms with Gasteiger partial charge in [0.15, 0.2) is 0 Å². The summed E-state index contributed by atoms with van der Waals surface area (Å²) in [7, 11) is 0. The fourth-order valence-corrected chi connectivity index (χ4v) is 1.81. The lowest BCUT2D eigenvalue weighted by Crippen LogP contribution is -2.42. The van der Waals surface area contributed by atoms with Crippen LogP contribution in [-0.4, -0.2) is 24.5 Å². The Labute approximate surface area is 122 Å². The van der Waals surface area contributed by atoms with Crippen LogP contribution in [0.4, 0.5) is 4.79 Å². The average Bonchev–Trinajstić information content (AvgIpc) is 3.30. The van der Waals surface area contributed by atoms with Gasteiger partial charge in [0.2, 0.25) is 6.10 Å². The Morgan fingerprint density at radius 2 is 1.90 bits per heavy atom. The van der Waals surface area contributed by atoms with Gasteiger partial charge >= 0.3 is 12.0 Å². The van der Waals surface area contributed by atoms with Crippen LogP contribution in [0.2, 0.25) is 0 Å². The zero-order valence-corrected chi connectivity index (χ0v) is 11.8. The van der Waals surface area contributed by atoms with Crippen LogP contribution >= 0.6 is 0 Å². The summed E-state index contributed by atoms with van der Waals surface area (Å²) >= 11 is 0. The van der Waals surface area contributed by atoms with Gasteiger partial charge in [-0.3, -0.25) is 14.9 Å². The minimum Gasteiger partial charge on any atom is -0.447 e. The van der Waals surface area contributed by atoms with Gasteiger partial charge in [0.25, 0.3) is 5.91 Å². The molecule has 1 atom stereocenters. The monoisotopic (exact) mass is 290 g/mol. The van der Waals surface area contributed by atoms with Crippen LogP contribution in [-0.2, 0) is 14.3 Å². The summed E-state index contributed by atoms with van der Waals surface area (Å²) in [6.45, 7) is 2.14. The van der Waals surface area contributed by atoms with Crippen molar-refractivity contribution in [3.8, 4) is 0 Å². The number of hydrogen-bond acceptors (Lipinski definition) is 4. The quantitative estimate of drug-likeness (QED) is 0.805. The van der Waals surface area contributed by atoms with E-state index in [0.29, 0.717) is 12.1 Å². The molecule has 1 aromatic carbocycles. The van der Waals surface area contributed by atoms with E-state index in [0.717, 1.165) is 12.8 Å². The highest BCUT2D eigenvalue weighted by Crippen LogP contribution is 2.32. The number of nitrogens with one attached hydrogen (secondary N) is 2. The second-order valence-corrected chi connectivity index (χ2v) is 4.85. The second-order valence-electron chi connectivity index (χ2n) is 4.85. The fourth-order valence-electron chi connectivity index (χ4n) is 1.81. The maximum absolute atomic E-state index is 12.2. The topological polar surface area (TPSA) is 84.5 Å². The molecule has 1 aromatic rings. The summed E-state index contributed by atoms with van der Waals surface area (Å²) in [6, 6.07) is 8.04. The minimum atomic E-state index is -1.11. The number of carbonyl (C=O) groups is 3. The predicted octanol–water partition coefficient (Wildman–Crippen LogP) is 1.53. The molecule has 0 saturated heterocycles. The third-order valence-corrected chi connectivity index (χ3v) is 3.06. The van der Waals surface area contributed by atoms with Crippen molar-refractivity contribution in [2.45, 2.75) is 25.9 Å². The first kappa shape index (κ1) is 15.0. The molecule has 112 valence electrons. The van der Waals surface area contributed by atoms with Crippen LogP contribution in [0.3, 0.4) is 0 Å². The van der Waals surface area contributed by atoms with Crippen LogP contribution in [0.1, 0.15) is 31.4 Å². The summed E-state index contributed by atoms with van der Waals surface area (Å²) in [5.41, 5.74) is 0.535. The number of carbonyl (C=O) groups excluding carboxylic acids is 3. The summed E-state index contributed by atoms with van der Waals surface area (Å²) in [5, 5.41) is 4.64. The molecule has 0 unspecified atom stereocenters. The van der Waals surface area contributed by atoms with E-state index in [1.165, 1.54) is 0 Å². The van der Waals surface area contributed by atoms with Gasteiger partial charge in [0.05, 0.1) is 5.92 Å². The van der Waals surface area contributed by atoms with Crippen molar-refractivity contribution < 1.29 is 19.1 Å². The molecule has 1 aliphatic carbocycles. The highest BCUT2D eigenvalue weighted by Gasteiger charge is 2.35. The fraction of sp³-hybridized carbons (Fsp3) is 0.400. The predicted molar refractivity (Wildman–Crippen MR) is 75.2 cm³/mol. The second kappa shape index (κ2) is 6.88. The van der Waals surface area contributed by atoms with Crippen molar-refractivity contribution >= 4 is 17.9 Å². The molecular weight excluding hydrogens is 272 g/mol. The summed E-state index contributed by atoms with van der Waals surface area (Å²) in [4.78, 5) is 35.4. The van der Waals surface area contributed by atoms with Crippen LogP contribution in [0, 0.1) is 5.92 Å². The zero-order chi connectivity index (χ0) is 15.2. The van der Waals surface area contributed by atoms with Crippen molar-refractivity contribution in [2.24, 2.45) is 5.92 Å². The number of urea groups is 1. The molecule has 3 amide bonds. The van der Waals surface area contributed by atoms with E-state index in [4.69, 9.17) is 4.74 Å². The van der Waals surface area contributed by atoms with Crippen molar-refractivity contribution in [1.29, 1.82) is 0 Å². The molecule has 6 heteroatoms. The lowest BCUT2D eigenvalue weighted by molar-refractivity contribution is -0.157. The summed E-state index contributed by atoms with van der Waals surface area (Å²) in [5.74, 6) is -1.16. The molecule has 1 fully saturated rings. The molecule has 0 aliphatic heterocycles. The van der Waals surface area contributed by atoms with Crippen molar-refractivity contribution in [2.75, 3.05) is 6.54 Å². The minimum absolute atomic E-state index is 0.117. The highest BCUT2D eigenvalue weighted by atomic mass is 16.5. The van der Waals surface area contributed by atoms with Crippen LogP contribution in [0.25, 0.3) is 0 Å². The molecule has 2 rings (SSSR count). The normalized spacial score (nSPS) is 14.9. The number of imide groups is 1. The Morgan fingerprint density at radius 1 is 1.24 bits per heavy atom. The SMILES string of the molecule is CCNC(=O)NC(=O)[C@H](OC(=O)C1CC1)c1ccccc1. The smallest absolute Gasteiger partial charge is 0.321 e. The van der Waals surface area contributed by atoms with Gasteiger partial charge in [-0.05, 0) is 19.8 Å². The molecular formula is C15H18N2O4. The molecule has 21 heavy (non-hydrogen) atoms. The lowest BCUT2D eigenvalue weighted by Gasteiger charge is -2.17. The lowest BCUT2D eigenvalue weighted by atomic mass is 10.1. The van der Waals surface area contributed by atoms with E-state index in [9.17, 15) is 14.4 Å². The number of benzene rings is 1. The number of ether oxygens (including phenoxy) is 1. The van der Waals surface area contributed by atoms with E-state index >= 15 is 0 Å². The Hall–Kier alpha value is -2.37. The van der Waals surface area contributed by atoms with Crippen molar-refractivity contribution in [1.82, 2.24) is 10.6 Å². The van der Waals surface area contributed by atoms with Gasteiger partial charge in [-0.25, -0.2) is 4.79 Å². The molecule has 0 bridgehead atoms. The Kier molecular flexibility index (Phi) is 4.92. The maximum Gasteiger partial charge on any atom is 0.321 e. The van der Waals surface area contributed by atoms with Crippen molar-refractivity contribution in [3.05, 3.63) is 35.9 Å². The molecule has 6 nitrogen and oxygen atoms in total. The Balaban J connectivity index is 2.09. The van der Waals surface area contributed by atoms with E-state index in [1.807, 2.05) is 0 Å². The Morgan fingerprint density at radius 3 is 2.48 bits per heavy atom. The largest absolute Gasteiger partial charge is 0.447 e. The van der Waals surface area contributed by atoms with Gasteiger partial charge < -0.3 is 10.1 Å².